The summed E-state index contributed by atoms with van der Waals surface area (Å²) < 4.78 is 49.6. The second-order valence-corrected chi connectivity index (χ2v) is 10.4. The first-order valence-corrected chi connectivity index (χ1v) is 12.4. The third-order valence-corrected chi connectivity index (χ3v) is 7.59. The average Bonchev–Trinajstić information content (AvgIpc) is 3.08. The Morgan fingerprint density at radius 1 is 1.12 bits per heavy atom. The zero-order valence-electron chi connectivity index (χ0n) is 15.1. The molecule has 0 radical (unpaired) electrons. The predicted octanol–water partition coefficient (Wildman–Crippen LogP) is -4.86. The van der Waals surface area contributed by atoms with Gasteiger partial charge in [-0.15, -0.1) is 0 Å². The Morgan fingerprint density at radius 3 is 2.41 bits per heavy atom. The number of phosphoric acid groups is 3. The second kappa shape index (κ2) is 8.66. The number of H-pyrrole nitrogens is 1. The lowest BCUT2D eigenvalue weighted by Gasteiger charge is -2.37. The van der Waals surface area contributed by atoms with E-state index in [9.17, 15) is 48.3 Å². The fourth-order valence-corrected chi connectivity index (χ4v) is 5.58. The molecule has 0 amide bonds. The lowest BCUT2D eigenvalue weighted by atomic mass is 10.1. The van der Waals surface area contributed by atoms with Crippen molar-refractivity contribution in [2.75, 3.05) is 12.3 Å². The van der Waals surface area contributed by atoms with Gasteiger partial charge in [-0.25, -0.2) is 23.6 Å². The molecule has 32 heavy (non-hydrogen) atoms. The van der Waals surface area contributed by atoms with E-state index in [1.54, 1.807) is 0 Å². The summed E-state index contributed by atoms with van der Waals surface area (Å²) in [7, 11) is -18.2. The molecule has 2 unspecified atom stereocenters. The Hall–Kier alpha value is -1.56. The third-order valence-electron chi connectivity index (χ3n) is 3.92. The number of imidazole rings is 1. The monoisotopic (exact) mass is 519 g/mol. The fourth-order valence-electron chi connectivity index (χ4n) is 2.72. The van der Waals surface area contributed by atoms with Crippen LogP contribution in [0.4, 0.5) is 5.82 Å². The van der Waals surface area contributed by atoms with Crippen LogP contribution in [-0.2, 0) is 31.6 Å². The van der Waals surface area contributed by atoms with E-state index < -0.39 is 60.3 Å². The average molecular weight is 519 g/mol. The molecule has 3 rings (SSSR count). The highest BCUT2D eigenvalue weighted by Crippen LogP contribution is 2.60. The van der Waals surface area contributed by atoms with Crippen molar-refractivity contribution in [1.29, 1.82) is 0 Å². The lowest BCUT2D eigenvalue weighted by Crippen LogP contribution is -2.35. The number of fused-ring (bicyclic) bond motifs is 1. The number of phosphoric ester groups is 1. The summed E-state index contributed by atoms with van der Waals surface area (Å²) in [4.78, 5) is 65.4. The Balaban J connectivity index is 1.74. The predicted molar refractivity (Wildman–Crippen MR) is 89.4 cm³/mol. The molecule has 0 aromatic carbocycles. The van der Waals surface area contributed by atoms with Crippen LogP contribution < -0.4 is 31.0 Å². The molecule has 0 bridgehead atoms. The zero-order valence-corrected chi connectivity index (χ0v) is 17.8. The van der Waals surface area contributed by atoms with Gasteiger partial charge in [-0.3, -0.25) is 13.4 Å². The number of nitrogens with zero attached hydrogens (tertiary/aromatic N) is 3. The molecule has 1 saturated heterocycles. The number of nitrogens with one attached hydrogen (secondary N) is 1. The van der Waals surface area contributed by atoms with Crippen molar-refractivity contribution in [2.45, 2.75) is 24.5 Å². The van der Waals surface area contributed by atoms with Crippen molar-refractivity contribution in [2.24, 2.45) is 0 Å². The number of nitrogen functional groups attached to an aromatic ring is 1. The molecule has 3 heterocycles. The largest absolute Gasteiger partial charge is 0.790 e. The molecule has 0 saturated carbocycles. The van der Waals surface area contributed by atoms with Crippen LogP contribution in [0.1, 0.15) is 6.23 Å². The lowest BCUT2D eigenvalue weighted by molar-refractivity contribution is -0.339. The van der Waals surface area contributed by atoms with E-state index in [1.165, 1.54) is 0 Å². The number of aliphatic hydroxyl groups is 2. The summed E-state index contributed by atoms with van der Waals surface area (Å²) in [5, 5.41) is 20.3. The Kier molecular flexibility index (Phi) is 6.78. The van der Waals surface area contributed by atoms with Crippen LogP contribution in [0.2, 0.25) is 0 Å². The van der Waals surface area contributed by atoms with Crippen molar-refractivity contribution in [3.05, 3.63) is 16.8 Å². The van der Waals surface area contributed by atoms with E-state index in [-0.39, 0.29) is 17.0 Å². The Morgan fingerprint density at radius 2 is 1.78 bits per heavy atom. The van der Waals surface area contributed by atoms with E-state index in [0.29, 0.717) is 0 Å². The summed E-state index contributed by atoms with van der Waals surface area (Å²) in [6, 6.07) is 0. The van der Waals surface area contributed by atoms with Crippen molar-refractivity contribution in [3.8, 4) is 0 Å². The van der Waals surface area contributed by atoms with Crippen LogP contribution >= 0.6 is 23.5 Å². The number of ether oxygens (including phenoxy) is 1. The van der Waals surface area contributed by atoms with Gasteiger partial charge in [0.05, 0.1) is 14.4 Å². The molecule has 1 aliphatic rings. The van der Waals surface area contributed by atoms with Crippen LogP contribution in [0.5, 0.6) is 0 Å². The highest BCUT2D eigenvalue weighted by molar-refractivity contribution is 7.64. The quantitative estimate of drug-likeness (QED) is 0.237. The van der Waals surface area contributed by atoms with Crippen LogP contribution in [0, 0.1) is 0 Å². The van der Waals surface area contributed by atoms with Gasteiger partial charge in [0.15, 0.2) is 17.7 Å². The number of aliphatic hydroxyl groups excluding tert-OH is 2. The van der Waals surface area contributed by atoms with Crippen LogP contribution in [-0.4, -0.2) is 54.7 Å². The highest BCUT2D eigenvalue weighted by atomic mass is 31.3. The third kappa shape index (κ3) is 5.49. The van der Waals surface area contributed by atoms with Gasteiger partial charge in [-0.2, -0.15) is 0 Å². The summed E-state index contributed by atoms with van der Waals surface area (Å²) >= 11 is 0. The number of aromatic amines is 1. The summed E-state index contributed by atoms with van der Waals surface area (Å²) in [5.41, 5.74) is 4.59. The molecule has 22 heteroatoms. The van der Waals surface area contributed by atoms with Gasteiger partial charge in [0.2, 0.25) is 0 Å². The molecule has 0 aliphatic carbocycles. The molecular formula is C10H12N5O14P3-4. The van der Waals surface area contributed by atoms with E-state index in [2.05, 4.69) is 28.1 Å². The van der Waals surface area contributed by atoms with Crippen molar-refractivity contribution >= 4 is 40.4 Å². The van der Waals surface area contributed by atoms with Crippen molar-refractivity contribution in [3.63, 3.8) is 0 Å². The molecular weight excluding hydrogens is 507 g/mol. The molecule has 2 aromatic rings. The SMILES string of the molecule is Nc1ncnc2c1[nH]c(=O)n2[C@@H]1O[C@H](COP(=O)([O-])OP(=O)([O-])OP(=O)([O-])[O-])[C@@H](O)[C@H]1O. The van der Waals surface area contributed by atoms with Gasteiger partial charge in [0.25, 0.3) is 15.6 Å². The minimum Gasteiger partial charge on any atom is -0.790 e. The smallest absolute Gasteiger partial charge is 0.330 e. The number of aromatic nitrogens is 4. The first-order valence-electron chi connectivity index (χ1n) is 8.04. The number of anilines is 1. The first-order chi connectivity index (χ1) is 14.6. The normalized spacial score (nSPS) is 27.9. The van der Waals surface area contributed by atoms with Crippen molar-refractivity contribution in [1.82, 2.24) is 19.5 Å². The highest BCUT2D eigenvalue weighted by Gasteiger charge is 2.45. The number of nitrogens with two attached hydrogens (primary N) is 1. The van der Waals surface area contributed by atoms with Crippen LogP contribution in [0.15, 0.2) is 11.1 Å². The minimum absolute atomic E-state index is 0.0137. The van der Waals surface area contributed by atoms with Gasteiger partial charge < -0.3 is 54.3 Å². The summed E-state index contributed by atoms with van der Waals surface area (Å²) in [6.07, 6.45) is -5.99. The molecule has 180 valence electrons. The summed E-state index contributed by atoms with van der Waals surface area (Å²) in [6.45, 7) is -1.17. The molecule has 0 spiro atoms. The van der Waals surface area contributed by atoms with E-state index in [4.69, 9.17) is 10.5 Å². The van der Waals surface area contributed by atoms with Crippen LogP contribution in [0.3, 0.4) is 0 Å². The van der Waals surface area contributed by atoms with E-state index in [0.717, 1.165) is 10.9 Å². The maximum atomic E-state index is 12.2. The maximum Gasteiger partial charge on any atom is 0.330 e. The molecule has 19 nitrogen and oxygen atoms in total. The van der Waals surface area contributed by atoms with E-state index >= 15 is 0 Å². The van der Waals surface area contributed by atoms with Gasteiger partial charge >= 0.3 is 5.69 Å². The number of hydrogen-bond donors (Lipinski definition) is 4. The molecule has 5 N–H and O–H groups in total. The van der Waals surface area contributed by atoms with Crippen LogP contribution in [0.25, 0.3) is 11.2 Å². The zero-order chi connectivity index (χ0) is 24.1. The Labute approximate surface area is 175 Å². The number of hydrogen-bond acceptors (Lipinski definition) is 17. The molecule has 1 aliphatic heterocycles. The Bertz CT molecular complexity index is 1210. The standard InChI is InChI=1S/C10H16N5O14P3/c11-7-4-8(13-2-12-7)15(10(18)14-4)9-6(17)5(16)3(27-9)1-26-31(22,23)29-32(24,25)28-30(19,20)21/h2-3,5-6,9,16-17H,1H2,(H,14,18)(H,22,23)(H,24,25)(H2,11,12,13)(H2,19,20,21)/p-4/t3-,5-,6-,9-/m1/s1. The second-order valence-electron chi connectivity index (χ2n) is 6.10. The first kappa shape index (κ1) is 25.1. The maximum absolute atomic E-state index is 12.2. The van der Waals surface area contributed by atoms with Gasteiger partial charge in [-0.05, 0) is 0 Å². The molecule has 2 aromatic heterocycles. The number of rotatable bonds is 8. The molecule has 1 fully saturated rings. The topological polar surface area (TPSA) is 310 Å². The minimum atomic E-state index is -6.18. The summed E-state index contributed by atoms with van der Waals surface area (Å²) in [5.74, 6) is -0.117. The van der Waals surface area contributed by atoms with Gasteiger partial charge in [0, 0.05) is 0 Å². The van der Waals surface area contributed by atoms with Gasteiger partial charge in [-0.1, -0.05) is 0 Å². The fraction of sp³-hybridized carbons (Fsp3) is 0.500. The van der Waals surface area contributed by atoms with E-state index in [1.807, 2.05) is 0 Å². The molecule has 6 atom stereocenters. The van der Waals surface area contributed by atoms with Crippen molar-refractivity contribution < 1.29 is 61.4 Å². The van der Waals surface area contributed by atoms with Gasteiger partial charge in [0.1, 0.15) is 30.2 Å².